The van der Waals surface area contributed by atoms with Crippen LogP contribution in [0, 0.1) is 0 Å². The predicted octanol–water partition coefficient (Wildman–Crippen LogP) is 2.41. The Bertz CT molecular complexity index is 727. The number of nitrogen functional groups attached to an aromatic ring is 1. The van der Waals surface area contributed by atoms with Crippen molar-refractivity contribution in [1.82, 2.24) is 0 Å². The number of carbonyl (C=O) groups excluding carboxylic acids is 2. The van der Waals surface area contributed by atoms with Crippen LogP contribution >= 0.6 is 0 Å². The highest BCUT2D eigenvalue weighted by Gasteiger charge is 2.17. The maximum Gasteiger partial charge on any atom is 0.323 e. The van der Waals surface area contributed by atoms with Crippen LogP contribution in [0.15, 0.2) is 42.5 Å². The van der Waals surface area contributed by atoms with E-state index in [1.807, 2.05) is 6.07 Å². The predicted molar refractivity (Wildman–Crippen MR) is 82.3 cm³/mol. The molecule has 0 fully saturated rings. The van der Waals surface area contributed by atoms with Crippen LogP contribution in [0.25, 0.3) is 0 Å². The molecule has 6 nitrogen and oxygen atoms in total. The van der Waals surface area contributed by atoms with Crippen LogP contribution < -0.4 is 21.7 Å². The second-order valence-corrected chi connectivity index (χ2v) is 4.80. The van der Waals surface area contributed by atoms with Crippen LogP contribution in [0.1, 0.15) is 5.56 Å². The monoisotopic (exact) mass is 282 g/mol. The molecule has 1 heterocycles. The number of amides is 3. The van der Waals surface area contributed by atoms with Crippen molar-refractivity contribution in [3.05, 3.63) is 48.0 Å². The molecule has 1 aliphatic rings. The van der Waals surface area contributed by atoms with Gasteiger partial charge in [0, 0.05) is 22.7 Å². The molecule has 2 aromatic rings. The number of urea groups is 1. The summed E-state index contributed by atoms with van der Waals surface area (Å²) < 4.78 is 0. The summed E-state index contributed by atoms with van der Waals surface area (Å²) in [6, 6.07) is 11.9. The summed E-state index contributed by atoms with van der Waals surface area (Å²) in [5.74, 6) is -0.0358. The van der Waals surface area contributed by atoms with E-state index in [1.54, 1.807) is 36.4 Å². The lowest BCUT2D eigenvalue weighted by Gasteiger charge is -2.09. The molecular weight excluding hydrogens is 268 g/mol. The molecule has 0 radical (unpaired) electrons. The average Bonchev–Trinajstić information content (AvgIpc) is 2.78. The summed E-state index contributed by atoms with van der Waals surface area (Å²) in [4.78, 5) is 23.2. The Labute approximate surface area is 121 Å². The van der Waals surface area contributed by atoms with Gasteiger partial charge >= 0.3 is 6.03 Å². The summed E-state index contributed by atoms with van der Waals surface area (Å²) in [7, 11) is 0. The number of benzene rings is 2. The molecule has 3 rings (SSSR count). The zero-order valence-corrected chi connectivity index (χ0v) is 11.1. The van der Waals surface area contributed by atoms with Gasteiger partial charge in [-0.25, -0.2) is 4.79 Å². The molecule has 21 heavy (non-hydrogen) atoms. The van der Waals surface area contributed by atoms with E-state index in [-0.39, 0.29) is 11.9 Å². The molecule has 0 unspecified atom stereocenters. The van der Waals surface area contributed by atoms with E-state index in [2.05, 4.69) is 16.0 Å². The van der Waals surface area contributed by atoms with E-state index >= 15 is 0 Å². The maximum absolute atomic E-state index is 11.9. The molecule has 0 atom stereocenters. The van der Waals surface area contributed by atoms with Gasteiger partial charge in [-0.1, -0.05) is 12.1 Å². The Hall–Kier alpha value is -3.02. The van der Waals surface area contributed by atoms with Crippen LogP contribution in [0.2, 0.25) is 0 Å². The maximum atomic E-state index is 11.9. The van der Waals surface area contributed by atoms with Crippen LogP contribution in [0.4, 0.5) is 27.5 Å². The van der Waals surface area contributed by atoms with Crippen molar-refractivity contribution in [2.45, 2.75) is 6.42 Å². The topological polar surface area (TPSA) is 96.2 Å². The van der Waals surface area contributed by atoms with Gasteiger partial charge in [0.25, 0.3) is 0 Å². The van der Waals surface area contributed by atoms with Gasteiger partial charge in [-0.15, -0.1) is 0 Å². The van der Waals surface area contributed by atoms with E-state index in [9.17, 15) is 9.59 Å². The minimum absolute atomic E-state index is 0.0358. The summed E-state index contributed by atoms with van der Waals surface area (Å²) in [5, 5.41) is 8.14. The summed E-state index contributed by atoms with van der Waals surface area (Å²) >= 11 is 0. The third-order valence-corrected chi connectivity index (χ3v) is 3.14. The van der Waals surface area contributed by atoms with Crippen LogP contribution in [0.5, 0.6) is 0 Å². The molecule has 0 bridgehead atoms. The van der Waals surface area contributed by atoms with Crippen molar-refractivity contribution in [1.29, 1.82) is 0 Å². The molecule has 0 saturated heterocycles. The zero-order valence-electron chi connectivity index (χ0n) is 11.1. The van der Waals surface area contributed by atoms with Gasteiger partial charge in [0.05, 0.1) is 6.42 Å². The van der Waals surface area contributed by atoms with E-state index in [4.69, 9.17) is 5.73 Å². The van der Waals surface area contributed by atoms with Crippen molar-refractivity contribution in [3.63, 3.8) is 0 Å². The van der Waals surface area contributed by atoms with Gasteiger partial charge in [-0.3, -0.25) is 4.79 Å². The zero-order chi connectivity index (χ0) is 14.8. The molecule has 0 aromatic heterocycles. The number of anilines is 4. The molecule has 0 spiro atoms. The molecule has 5 N–H and O–H groups in total. The van der Waals surface area contributed by atoms with Crippen molar-refractivity contribution < 1.29 is 9.59 Å². The van der Waals surface area contributed by atoms with Crippen molar-refractivity contribution >= 4 is 34.7 Å². The highest BCUT2D eigenvalue weighted by molar-refractivity contribution is 6.03. The van der Waals surface area contributed by atoms with Gasteiger partial charge in [0.15, 0.2) is 0 Å². The van der Waals surface area contributed by atoms with Crippen LogP contribution in [-0.2, 0) is 11.2 Å². The van der Waals surface area contributed by atoms with Crippen LogP contribution in [-0.4, -0.2) is 11.9 Å². The fourth-order valence-electron chi connectivity index (χ4n) is 2.20. The van der Waals surface area contributed by atoms with Crippen molar-refractivity contribution in [2.24, 2.45) is 0 Å². The second kappa shape index (κ2) is 5.16. The number of fused-ring (bicyclic) bond motifs is 1. The molecule has 0 aliphatic carbocycles. The largest absolute Gasteiger partial charge is 0.399 e. The van der Waals surface area contributed by atoms with Gasteiger partial charge in [0.2, 0.25) is 5.91 Å². The highest BCUT2D eigenvalue weighted by atomic mass is 16.2. The standard InChI is InChI=1S/C15H14N4O2/c16-10-2-1-3-11(7-10)17-15(21)18-12-5-4-9-6-14(20)19-13(9)8-12/h1-5,7-8H,6,16H2,(H,19,20)(H2,17,18,21). The number of nitrogens with one attached hydrogen (secondary N) is 3. The summed E-state index contributed by atoms with van der Waals surface area (Å²) in [6.45, 7) is 0. The first-order valence-electron chi connectivity index (χ1n) is 6.46. The summed E-state index contributed by atoms with van der Waals surface area (Å²) in [5.41, 5.74) is 9.12. The second-order valence-electron chi connectivity index (χ2n) is 4.80. The number of nitrogens with two attached hydrogens (primary N) is 1. The molecule has 2 aromatic carbocycles. The van der Waals surface area contributed by atoms with E-state index in [0.29, 0.717) is 23.5 Å². The Balaban J connectivity index is 1.68. The van der Waals surface area contributed by atoms with Crippen molar-refractivity contribution in [2.75, 3.05) is 21.7 Å². The molecule has 6 heteroatoms. The van der Waals surface area contributed by atoms with E-state index in [1.165, 1.54) is 0 Å². The average molecular weight is 282 g/mol. The molecule has 3 amide bonds. The molecule has 1 aliphatic heterocycles. The first kappa shape index (κ1) is 13.0. The molecule has 106 valence electrons. The van der Waals surface area contributed by atoms with Gasteiger partial charge in [-0.2, -0.15) is 0 Å². The highest BCUT2D eigenvalue weighted by Crippen LogP contribution is 2.26. The molecule has 0 saturated carbocycles. The fourth-order valence-corrected chi connectivity index (χ4v) is 2.20. The number of hydrogen-bond donors (Lipinski definition) is 4. The lowest BCUT2D eigenvalue weighted by atomic mass is 10.1. The number of carbonyl (C=O) groups is 2. The Morgan fingerprint density at radius 1 is 1.10 bits per heavy atom. The Morgan fingerprint density at radius 2 is 1.86 bits per heavy atom. The van der Waals surface area contributed by atoms with Gasteiger partial charge in [0.1, 0.15) is 0 Å². The normalized spacial score (nSPS) is 12.5. The van der Waals surface area contributed by atoms with Crippen molar-refractivity contribution in [3.8, 4) is 0 Å². The van der Waals surface area contributed by atoms with E-state index < -0.39 is 0 Å². The third kappa shape index (κ3) is 2.94. The first-order chi connectivity index (χ1) is 10.1. The molecular formula is C15H14N4O2. The number of hydrogen-bond acceptors (Lipinski definition) is 3. The van der Waals surface area contributed by atoms with E-state index in [0.717, 1.165) is 11.3 Å². The third-order valence-electron chi connectivity index (χ3n) is 3.14. The quantitative estimate of drug-likeness (QED) is 0.637. The smallest absolute Gasteiger partial charge is 0.323 e. The Morgan fingerprint density at radius 3 is 2.62 bits per heavy atom. The minimum Gasteiger partial charge on any atom is -0.399 e. The lowest BCUT2D eigenvalue weighted by Crippen LogP contribution is -2.19. The number of rotatable bonds is 2. The Kier molecular flexibility index (Phi) is 3.19. The van der Waals surface area contributed by atoms with Crippen LogP contribution in [0.3, 0.4) is 0 Å². The van der Waals surface area contributed by atoms with Gasteiger partial charge < -0.3 is 21.7 Å². The lowest BCUT2D eigenvalue weighted by molar-refractivity contribution is -0.115. The van der Waals surface area contributed by atoms with Gasteiger partial charge in [-0.05, 0) is 35.9 Å². The first-order valence-corrected chi connectivity index (χ1v) is 6.46. The minimum atomic E-state index is -0.370. The fraction of sp³-hybridized carbons (Fsp3) is 0.0667. The summed E-state index contributed by atoms with van der Waals surface area (Å²) in [6.07, 6.45) is 0.380. The SMILES string of the molecule is Nc1cccc(NC(=O)Nc2ccc3c(c2)NC(=O)C3)c1.